The molecule has 0 aliphatic carbocycles. The van der Waals surface area contributed by atoms with Crippen LogP contribution in [0.1, 0.15) is 15.9 Å². The first kappa shape index (κ1) is 18.2. The Morgan fingerprint density at radius 3 is 2.62 bits per heavy atom. The molecular weight excluding hydrogens is 413 g/mol. The van der Waals surface area contributed by atoms with Crippen molar-refractivity contribution < 1.29 is 22.8 Å². The Morgan fingerprint density at radius 2 is 1.92 bits per heavy atom. The van der Waals surface area contributed by atoms with Crippen molar-refractivity contribution in [2.24, 2.45) is 0 Å². The number of nitrogens with one attached hydrogen (secondary N) is 1. The van der Waals surface area contributed by atoms with E-state index >= 15 is 0 Å². The highest BCUT2D eigenvalue weighted by molar-refractivity contribution is 9.10. The van der Waals surface area contributed by atoms with Gasteiger partial charge >= 0.3 is 6.18 Å². The van der Waals surface area contributed by atoms with Gasteiger partial charge in [-0.25, -0.2) is 0 Å². The van der Waals surface area contributed by atoms with Crippen molar-refractivity contribution in [1.29, 1.82) is 0 Å². The second-order valence-electron chi connectivity index (χ2n) is 5.58. The number of fused-ring (bicyclic) bond motifs is 1. The summed E-state index contributed by atoms with van der Waals surface area (Å²) in [7, 11) is 0. The van der Waals surface area contributed by atoms with E-state index in [1.54, 1.807) is 18.2 Å². The van der Waals surface area contributed by atoms with Crippen molar-refractivity contribution in [2.75, 3.05) is 5.32 Å². The van der Waals surface area contributed by atoms with E-state index in [2.05, 4.69) is 21.2 Å². The van der Waals surface area contributed by atoms with E-state index in [0.717, 1.165) is 10.5 Å². The number of alkyl halides is 3. The summed E-state index contributed by atoms with van der Waals surface area (Å²) in [5.41, 5.74) is -0.192. The Labute approximate surface area is 154 Å². The smallest absolute Gasteiger partial charge is 0.337 e. The third kappa shape index (κ3) is 3.65. The number of halogens is 4. The monoisotopic (exact) mass is 424 g/mol. The summed E-state index contributed by atoms with van der Waals surface area (Å²) in [6, 6.07) is 10.00. The van der Waals surface area contributed by atoms with Gasteiger partial charge in [0.1, 0.15) is 6.54 Å². The molecule has 0 aliphatic heterocycles. The van der Waals surface area contributed by atoms with Crippen LogP contribution in [-0.2, 0) is 17.5 Å². The van der Waals surface area contributed by atoms with Gasteiger partial charge in [0.2, 0.25) is 5.91 Å². The molecule has 1 aromatic heterocycles. The van der Waals surface area contributed by atoms with Crippen LogP contribution in [0.5, 0.6) is 0 Å². The Kier molecular flexibility index (Phi) is 4.86. The summed E-state index contributed by atoms with van der Waals surface area (Å²) in [5, 5.41) is 2.94. The fourth-order valence-corrected chi connectivity index (χ4v) is 3.07. The Bertz CT molecular complexity index is 996. The van der Waals surface area contributed by atoms with Crippen LogP contribution in [-0.4, -0.2) is 16.8 Å². The highest BCUT2D eigenvalue weighted by Gasteiger charge is 2.33. The predicted molar refractivity (Wildman–Crippen MR) is 95.1 cm³/mol. The average molecular weight is 425 g/mol. The molecule has 3 aromatic rings. The molecule has 134 valence electrons. The Hall–Kier alpha value is -2.61. The Morgan fingerprint density at radius 1 is 1.19 bits per heavy atom. The number of rotatable bonds is 4. The zero-order chi connectivity index (χ0) is 18.9. The molecule has 4 nitrogen and oxygen atoms in total. The number of aldehydes is 1. The zero-order valence-corrected chi connectivity index (χ0v) is 14.8. The van der Waals surface area contributed by atoms with E-state index in [1.807, 2.05) is 0 Å². The summed E-state index contributed by atoms with van der Waals surface area (Å²) in [4.78, 5) is 23.5. The van der Waals surface area contributed by atoms with E-state index in [-0.39, 0.29) is 12.2 Å². The van der Waals surface area contributed by atoms with Gasteiger partial charge in [-0.3, -0.25) is 9.59 Å². The quantitative estimate of drug-likeness (QED) is 0.607. The molecule has 1 amide bonds. The lowest BCUT2D eigenvalue weighted by Crippen LogP contribution is -2.20. The van der Waals surface area contributed by atoms with Crippen LogP contribution in [0.25, 0.3) is 10.9 Å². The summed E-state index contributed by atoms with van der Waals surface area (Å²) in [5.74, 6) is -0.626. The van der Waals surface area contributed by atoms with Crippen LogP contribution in [0.15, 0.2) is 53.1 Å². The maximum absolute atomic E-state index is 13.0. The van der Waals surface area contributed by atoms with Crippen molar-refractivity contribution in [3.05, 3.63) is 64.3 Å². The summed E-state index contributed by atoms with van der Waals surface area (Å²) < 4.78 is 41.4. The number of aromatic nitrogens is 1. The van der Waals surface area contributed by atoms with Gasteiger partial charge in [0.05, 0.1) is 11.3 Å². The molecule has 2 aromatic carbocycles. The van der Waals surface area contributed by atoms with Crippen LogP contribution in [0.3, 0.4) is 0 Å². The summed E-state index contributed by atoms with van der Waals surface area (Å²) >= 11 is 3.32. The molecule has 0 spiro atoms. The average Bonchev–Trinajstić information content (AvgIpc) is 2.91. The number of nitrogens with zero attached hydrogens (tertiary/aromatic N) is 1. The fraction of sp³-hybridized carbons (Fsp3) is 0.111. The number of benzene rings is 2. The number of para-hydroxylation sites is 1. The molecule has 1 heterocycles. The van der Waals surface area contributed by atoms with Crippen LogP contribution in [0.4, 0.5) is 18.9 Å². The van der Waals surface area contributed by atoms with Gasteiger partial charge in [-0.2, -0.15) is 13.2 Å². The van der Waals surface area contributed by atoms with Crippen LogP contribution >= 0.6 is 15.9 Å². The highest BCUT2D eigenvalue weighted by Crippen LogP contribution is 2.34. The van der Waals surface area contributed by atoms with Crippen molar-refractivity contribution in [2.45, 2.75) is 12.7 Å². The Balaban J connectivity index is 1.88. The summed E-state index contributed by atoms with van der Waals surface area (Å²) in [6.45, 7) is -0.224. The lowest BCUT2D eigenvalue weighted by molar-refractivity contribution is -0.137. The second kappa shape index (κ2) is 6.95. The molecule has 3 rings (SSSR count). The molecule has 0 unspecified atom stereocenters. The molecule has 0 aliphatic rings. The van der Waals surface area contributed by atoms with Crippen LogP contribution in [0.2, 0.25) is 0 Å². The van der Waals surface area contributed by atoms with Crippen LogP contribution < -0.4 is 5.32 Å². The van der Waals surface area contributed by atoms with Crippen LogP contribution in [0, 0.1) is 0 Å². The molecule has 26 heavy (non-hydrogen) atoms. The van der Waals surface area contributed by atoms with Crippen molar-refractivity contribution in [1.82, 2.24) is 4.57 Å². The number of hydrogen-bond donors (Lipinski definition) is 1. The van der Waals surface area contributed by atoms with Crippen molar-refractivity contribution in [3.63, 3.8) is 0 Å². The first-order valence-electron chi connectivity index (χ1n) is 7.49. The summed E-state index contributed by atoms with van der Waals surface area (Å²) in [6.07, 6.45) is -2.40. The maximum atomic E-state index is 13.0. The second-order valence-corrected chi connectivity index (χ2v) is 6.50. The molecule has 0 saturated heterocycles. The van der Waals surface area contributed by atoms with Gasteiger partial charge in [0, 0.05) is 27.1 Å². The van der Waals surface area contributed by atoms with E-state index in [9.17, 15) is 22.8 Å². The molecular formula is C18H12BrF3N2O2. The topological polar surface area (TPSA) is 51.1 Å². The third-order valence-corrected chi connectivity index (χ3v) is 4.31. The van der Waals surface area contributed by atoms with Crippen molar-refractivity contribution in [3.8, 4) is 0 Å². The molecule has 0 fully saturated rings. The van der Waals surface area contributed by atoms with Gasteiger partial charge in [-0.15, -0.1) is 0 Å². The van der Waals surface area contributed by atoms with Gasteiger partial charge < -0.3 is 9.88 Å². The largest absolute Gasteiger partial charge is 0.418 e. The normalized spacial score (nSPS) is 11.5. The third-order valence-electron chi connectivity index (χ3n) is 3.82. The maximum Gasteiger partial charge on any atom is 0.418 e. The lowest BCUT2D eigenvalue weighted by Gasteiger charge is -2.14. The molecule has 0 atom stereocenters. The number of hydrogen-bond acceptors (Lipinski definition) is 2. The van der Waals surface area contributed by atoms with E-state index in [4.69, 9.17) is 0 Å². The SMILES string of the molecule is O=Cc1cn(CC(=O)Nc2ccccc2C(F)(F)F)c2ccc(Br)cc12. The van der Waals surface area contributed by atoms with E-state index in [0.29, 0.717) is 22.8 Å². The number of carbonyl (C=O) groups is 2. The number of amides is 1. The molecule has 0 saturated carbocycles. The predicted octanol–water partition coefficient (Wildman–Crippen LogP) is 4.87. The molecule has 0 bridgehead atoms. The lowest BCUT2D eigenvalue weighted by atomic mass is 10.1. The van der Waals surface area contributed by atoms with Crippen molar-refractivity contribution >= 4 is 44.7 Å². The zero-order valence-electron chi connectivity index (χ0n) is 13.2. The van der Waals surface area contributed by atoms with E-state index in [1.165, 1.54) is 29.0 Å². The molecule has 8 heteroatoms. The first-order chi connectivity index (χ1) is 12.3. The standard InChI is InChI=1S/C18H12BrF3N2O2/c19-12-5-6-16-13(7-12)11(10-25)8-24(16)9-17(26)23-15-4-2-1-3-14(15)18(20,21)22/h1-8,10H,9H2,(H,23,26). The van der Waals surface area contributed by atoms with E-state index < -0.39 is 17.6 Å². The highest BCUT2D eigenvalue weighted by atomic mass is 79.9. The first-order valence-corrected chi connectivity index (χ1v) is 8.28. The van der Waals surface area contributed by atoms with Gasteiger partial charge in [-0.1, -0.05) is 28.1 Å². The molecule has 1 N–H and O–H groups in total. The van der Waals surface area contributed by atoms with Gasteiger partial charge in [-0.05, 0) is 30.3 Å². The molecule has 0 radical (unpaired) electrons. The fourth-order valence-electron chi connectivity index (χ4n) is 2.71. The minimum atomic E-state index is -4.57. The minimum Gasteiger partial charge on any atom is -0.337 e. The number of anilines is 1. The van der Waals surface area contributed by atoms with Gasteiger partial charge in [0.15, 0.2) is 6.29 Å². The number of carbonyl (C=O) groups excluding carboxylic acids is 2. The van der Waals surface area contributed by atoms with Gasteiger partial charge in [0.25, 0.3) is 0 Å². The minimum absolute atomic E-state index is 0.224.